The van der Waals surface area contributed by atoms with Crippen molar-refractivity contribution in [2.24, 2.45) is 15.9 Å². The lowest BCUT2D eigenvalue weighted by Gasteiger charge is -1.96. The number of allylic oxidation sites excluding steroid dienone is 3. The molecule has 3 N–H and O–H groups in total. The van der Waals surface area contributed by atoms with Gasteiger partial charge in [-0.25, -0.2) is 4.98 Å². The molecule has 0 aliphatic heterocycles. The quantitative estimate of drug-likeness (QED) is 0.281. The molecule has 1 aromatic heterocycles. The molecule has 0 saturated carbocycles. The van der Waals surface area contributed by atoms with Gasteiger partial charge in [-0.2, -0.15) is 10.4 Å². The van der Waals surface area contributed by atoms with Gasteiger partial charge in [0.1, 0.15) is 5.82 Å². The normalized spacial score (nSPS) is 12.7. The first-order valence-electron chi connectivity index (χ1n) is 6.05. The molecule has 1 heterocycles. The van der Waals surface area contributed by atoms with E-state index in [1.54, 1.807) is 19.2 Å². The summed E-state index contributed by atoms with van der Waals surface area (Å²) in [5, 5.41) is 12.2. The van der Waals surface area contributed by atoms with Gasteiger partial charge in [0.15, 0.2) is 0 Å². The Morgan fingerprint density at radius 1 is 1.55 bits per heavy atom. The Morgan fingerprint density at radius 2 is 2.25 bits per heavy atom. The molecule has 0 bridgehead atoms. The smallest absolute Gasteiger partial charge is 0.128 e. The van der Waals surface area contributed by atoms with E-state index in [0.717, 1.165) is 22.8 Å². The molecule has 0 spiro atoms. The van der Waals surface area contributed by atoms with Gasteiger partial charge in [-0.05, 0) is 32.4 Å². The molecule has 0 amide bonds. The standard InChI is InChI=1S/C14H18N6/c1-9(6-15)5-10(2)14-12(4)18-13(19-14)8-17-7-11(3)20-16/h5,7H,1,8,16H2,2-4H3,(H,18,19)/b10-5+,17-7?,20-11?. The van der Waals surface area contributed by atoms with E-state index in [2.05, 4.69) is 26.6 Å². The van der Waals surface area contributed by atoms with E-state index in [1.165, 1.54) is 0 Å². The highest BCUT2D eigenvalue weighted by Crippen LogP contribution is 2.17. The molecule has 1 aromatic rings. The number of nitriles is 1. The fraction of sp³-hybridized carbons (Fsp3) is 0.286. The van der Waals surface area contributed by atoms with E-state index in [-0.39, 0.29) is 0 Å². The minimum atomic E-state index is 0.402. The summed E-state index contributed by atoms with van der Waals surface area (Å²) in [4.78, 5) is 11.8. The third-order valence-corrected chi connectivity index (χ3v) is 2.56. The second-order valence-corrected chi connectivity index (χ2v) is 4.36. The summed E-state index contributed by atoms with van der Waals surface area (Å²) in [7, 11) is 0. The van der Waals surface area contributed by atoms with Crippen molar-refractivity contribution >= 4 is 17.5 Å². The van der Waals surface area contributed by atoms with E-state index >= 15 is 0 Å². The maximum absolute atomic E-state index is 8.73. The SMILES string of the molecule is C=C(C#N)/C=C(\C)c1nc(CN=CC(C)=NN)[nH]c1C. The number of nitrogens with two attached hydrogens (primary N) is 1. The van der Waals surface area contributed by atoms with Gasteiger partial charge in [-0.15, -0.1) is 0 Å². The maximum Gasteiger partial charge on any atom is 0.128 e. The third-order valence-electron chi connectivity index (χ3n) is 2.56. The van der Waals surface area contributed by atoms with Crippen molar-refractivity contribution < 1.29 is 0 Å². The van der Waals surface area contributed by atoms with Gasteiger partial charge in [0.2, 0.25) is 0 Å². The average Bonchev–Trinajstić information content (AvgIpc) is 2.79. The van der Waals surface area contributed by atoms with Crippen LogP contribution in [0, 0.1) is 18.3 Å². The van der Waals surface area contributed by atoms with Crippen LogP contribution in [0.2, 0.25) is 0 Å². The number of imidazole rings is 1. The highest BCUT2D eigenvalue weighted by Gasteiger charge is 2.08. The number of aryl methyl sites for hydroxylation is 1. The number of H-pyrrole nitrogens is 1. The second-order valence-electron chi connectivity index (χ2n) is 4.36. The molecule has 0 saturated heterocycles. The molecule has 0 radical (unpaired) electrons. The Balaban J connectivity index is 2.89. The molecule has 1 rings (SSSR count). The average molecular weight is 270 g/mol. The highest BCUT2D eigenvalue weighted by molar-refractivity contribution is 6.29. The lowest BCUT2D eigenvalue weighted by molar-refractivity contribution is 0.948. The molecule has 0 aliphatic rings. The number of hydrogen-bond acceptors (Lipinski definition) is 5. The topological polar surface area (TPSA) is 103 Å². The van der Waals surface area contributed by atoms with Crippen LogP contribution >= 0.6 is 0 Å². The first kappa shape index (κ1) is 15.4. The lowest BCUT2D eigenvalue weighted by atomic mass is 10.1. The molecular weight excluding hydrogens is 252 g/mol. The van der Waals surface area contributed by atoms with Gasteiger partial charge in [0.05, 0.1) is 24.0 Å². The summed E-state index contributed by atoms with van der Waals surface area (Å²) < 4.78 is 0. The highest BCUT2D eigenvalue weighted by atomic mass is 15.1. The minimum absolute atomic E-state index is 0.402. The van der Waals surface area contributed by atoms with Crippen LogP contribution in [0.15, 0.2) is 28.3 Å². The number of rotatable bonds is 5. The number of hydrazone groups is 1. The predicted molar refractivity (Wildman–Crippen MR) is 81.2 cm³/mol. The molecule has 0 unspecified atom stereocenters. The minimum Gasteiger partial charge on any atom is -0.344 e. The first-order valence-corrected chi connectivity index (χ1v) is 6.05. The third kappa shape index (κ3) is 4.21. The maximum atomic E-state index is 8.73. The van der Waals surface area contributed by atoms with Crippen LogP contribution in [0.4, 0.5) is 0 Å². The van der Waals surface area contributed by atoms with Crippen molar-refractivity contribution in [3.63, 3.8) is 0 Å². The molecule has 104 valence electrons. The van der Waals surface area contributed by atoms with Gasteiger partial charge in [0.25, 0.3) is 0 Å². The summed E-state index contributed by atoms with van der Waals surface area (Å²) in [5.41, 5.74) is 3.68. The summed E-state index contributed by atoms with van der Waals surface area (Å²) in [6, 6.07) is 1.99. The van der Waals surface area contributed by atoms with Crippen LogP contribution in [0.5, 0.6) is 0 Å². The largest absolute Gasteiger partial charge is 0.344 e. The Labute approximate surface area is 118 Å². The van der Waals surface area contributed by atoms with Crippen molar-refractivity contribution in [3.8, 4) is 6.07 Å². The predicted octanol–water partition coefficient (Wildman–Crippen LogP) is 2.11. The number of hydrogen-bond donors (Lipinski definition) is 2. The Bertz CT molecular complexity index is 625. The Hall–Kier alpha value is -2.68. The van der Waals surface area contributed by atoms with Gasteiger partial charge in [0, 0.05) is 17.5 Å². The van der Waals surface area contributed by atoms with Gasteiger partial charge < -0.3 is 10.8 Å². The molecule has 0 aliphatic carbocycles. The fourth-order valence-electron chi connectivity index (χ4n) is 1.64. The lowest BCUT2D eigenvalue weighted by Crippen LogP contribution is -1.98. The molecule has 0 aromatic carbocycles. The van der Waals surface area contributed by atoms with Crippen LogP contribution in [0.1, 0.15) is 31.1 Å². The number of aromatic nitrogens is 2. The van der Waals surface area contributed by atoms with Crippen molar-refractivity contribution in [1.82, 2.24) is 9.97 Å². The Morgan fingerprint density at radius 3 is 2.85 bits per heavy atom. The zero-order chi connectivity index (χ0) is 15.1. The molecule has 0 atom stereocenters. The molecule has 6 heteroatoms. The summed E-state index contributed by atoms with van der Waals surface area (Å²) in [5.74, 6) is 5.85. The summed E-state index contributed by atoms with van der Waals surface area (Å²) in [6.45, 7) is 9.63. The van der Waals surface area contributed by atoms with Crippen molar-refractivity contribution in [3.05, 3.63) is 35.4 Å². The molecule has 6 nitrogen and oxygen atoms in total. The summed E-state index contributed by atoms with van der Waals surface area (Å²) in [6.07, 6.45) is 3.30. The van der Waals surface area contributed by atoms with E-state index in [4.69, 9.17) is 11.1 Å². The second kappa shape index (κ2) is 7.04. The first-order chi connectivity index (χ1) is 9.47. The Kier molecular flexibility index (Phi) is 5.42. The van der Waals surface area contributed by atoms with E-state index in [9.17, 15) is 0 Å². The van der Waals surface area contributed by atoms with Crippen LogP contribution in [-0.4, -0.2) is 21.9 Å². The van der Waals surface area contributed by atoms with Gasteiger partial charge >= 0.3 is 0 Å². The van der Waals surface area contributed by atoms with Crippen molar-refractivity contribution in [2.75, 3.05) is 0 Å². The summed E-state index contributed by atoms with van der Waals surface area (Å²) >= 11 is 0. The molecule has 0 fully saturated rings. The van der Waals surface area contributed by atoms with E-state index < -0.39 is 0 Å². The van der Waals surface area contributed by atoms with Crippen LogP contribution in [0.25, 0.3) is 5.57 Å². The van der Waals surface area contributed by atoms with Crippen LogP contribution in [-0.2, 0) is 6.54 Å². The van der Waals surface area contributed by atoms with Crippen molar-refractivity contribution in [2.45, 2.75) is 27.3 Å². The monoisotopic (exact) mass is 270 g/mol. The zero-order valence-electron chi connectivity index (χ0n) is 11.9. The van der Waals surface area contributed by atoms with Crippen LogP contribution < -0.4 is 5.84 Å². The van der Waals surface area contributed by atoms with E-state index in [1.807, 2.05) is 19.9 Å². The number of nitrogens with one attached hydrogen (secondary N) is 1. The van der Waals surface area contributed by atoms with Gasteiger partial charge in [-0.3, -0.25) is 4.99 Å². The number of aromatic amines is 1. The number of aliphatic imine (C=N–C) groups is 1. The van der Waals surface area contributed by atoms with Crippen molar-refractivity contribution in [1.29, 1.82) is 5.26 Å². The zero-order valence-corrected chi connectivity index (χ0v) is 11.9. The molecular formula is C14H18N6. The molecule has 20 heavy (non-hydrogen) atoms. The fourth-order valence-corrected chi connectivity index (χ4v) is 1.64. The van der Waals surface area contributed by atoms with E-state index in [0.29, 0.717) is 17.8 Å². The van der Waals surface area contributed by atoms with Crippen LogP contribution in [0.3, 0.4) is 0 Å². The van der Waals surface area contributed by atoms with Gasteiger partial charge in [-0.1, -0.05) is 6.58 Å². The number of nitrogens with zero attached hydrogens (tertiary/aromatic N) is 4.